The number of carbonyl (C=O) groups is 2. The molecule has 1 aliphatic heterocycles. The first-order valence-corrected chi connectivity index (χ1v) is 15.5. The first-order valence-electron chi connectivity index (χ1n) is 15.5. The third-order valence-electron chi connectivity index (χ3n) is 8.00. The van der Waals surface area contributed by atoms with E-state index in [1.807, 2.05) is 57.0 Å². The number of hydrogen-bond acceptors (Lipinski definition) is 8. The maximum atomic E-state index is 14.1. The molecule has 0 fully saturated rings. The minimum atomic E-state index is -0.154. The standard InChI is InChI=1S/C35H41N5O6/c1-43-30-23-28(24-31(44-2)33(30)45-3)35(42)40-15-5-4-14-38(32(41)21-26-9-7-12-36-25-26)16-8-20-46-29-11-6-10-27(22-29)34-37-13-17-39(34)18-19-40/h6-7,9-13,17,22-25H,4-5,8,14-16,18-21H2,1-3H3. The van der Waals surface area contributed by atoms with E-state index in [1.54, 1.807) is 30.7 Å². The van der Waals surface area contributed by atoms with Gasteiger partial charge in [0.2, 0.25) is 11.7 Å². The van der Waals surface area contributed by atoms with Crippen LogP contribution in [0, 0.1) is 0 Å². The van der Waals surface area contributed by atoms with Crippen molar-refractivity contribution in [1.29, 1.82) is 0 Å². The van der Waals surface area contributed by atoms with E-state index in [4.69, 9.17) is 18.9 Å². The van der Waals surface area contributed by atoms with Crippen molar-refractivity contribution in [2.75, 3.05) is 54.1 Å². The van der Waals surface area contributed by atoms with Gasteiger partial charge in [-0.15, -0.1) is 0 Å². The predicted octanol–water partition coefficient (Wildman–Crippen LogP) is 4.75. The number of rotatable bonds is 6. The van der Waals surface area contributed by atoms with E-state index in [0.717, 1.165) is 29.1 Å². The molecule has 2 bridgehead atoms. The second-order valence-electron chi connectivity index (χ2n) is 11.0. The van der Waals surface area contributed by atoms with Crippen molar-refractivity contribution < 1.29 is 28.5 Å². The van der Waals surface area contributed by atoms with Crippen LogP contribution in [0.4, 0.5) is 0 Å². The summed E-state index contributed by atoms with van der Waals surface area (Å²) in [5, 5.41) is 0. The minimum absolute atomic E-state index is 0.0451. The SMILES string of the molecule is COc1cc(C(=O)N2CCCCN(C(=O)Cc3cccnc3)CCCOc3cccc(c3)-c3nccn3CC2)cc(OC)c1OC. The lowest BCUT2D eigenvalue weighted by molar-refractivity contribution is -0.130. The number of benzene rings is 2. The van der Waals surface area contributed by atoms with E-state index < -0.39 is 0 Å². The van der Waals surface area contributed by atoms with Crippen molar-refractivity contribution in [2.45, 2.75) is 32.2 Å². The number of imidazole rings is 1. The molecule has 0 unspecified atom stereocenters. The van der Waals surface area contributed by atoms with Crippen LogP contribution in [0.2, 0.25) is 0 Å². The van der Waals surface area contributed by atoms with Crippen LogP contribution >= 0.6 is 0 Å². The lowest BCUT2D eigenvalue weighted by Crippen LogP contribution is -2.37. The normalized spacial score (nSPS) is 14.4. The average Bonchev–Trinajstić information content (AvgIpc) is 3.56. The fourth-order valence-electron chi connectivity index (χ4n) is 5.61. The number of methoxy groups -OCH3 is 3. The van der Waals surface area contributed by atoms with E-state index in [1.165, 1.54) is 21.3 Å². The van der Waals surface area contributed by atoms with Crippen LogP contribution in [0.25, 0.3) is 11.4 Å². The first kappa shape index (κ1) is 32.3. The summed E-state index contributed by atoms with van der Waals surface area (Å²) in [5.41, 5.74) is 2.23. The number of amides is 2. The molecular weight excluding hydrogens is 586 g/mol. The summed E-state index contributed by atoms with van der Waals surface area (Å²) in [4.78, 5) is 39.9. The van der Waals surface area contributed by atoms with Gasteiger partial charge in [-0.05, 0) is 55.2 Å². The van der Waals surface area contributed by atoms with Crippen molar-refractivity contribution in [3.8, 4) is 34.4 Å². The fourth-order valence-corrected chi connectivity index (χ4v) is 5.61. The van der Waals surface area contributed by atoms with Gasteiger partial charge in [0.15, 0.2) is 11.5 Å². The zero-order chi connectivity index (χ0) is 32.3. The van der Waals surface area contributed by atoms with E-state index >= 15 is 0 Å². The average molecular weight is 628 g/mol. The Morgan fingerprint density at radius 2 is 1.59 bits per heavy atom. The van der Waals surface area contributed by atoms with Crippen molar-refractivity contribution in [1.82, 2.24) is 24.3 Å². The molecule has 3 heterocycles. The molecule has 0 N–H and O–H groups in total. The molecule has 242 valence electrons. The Bertz CT molecular complexity index is 1580. The summed E-state index contributed by atoms with van der Waals surface area (Å²) >= 11 is 0. The Morgan fingerprint density at radius 1 is 0.826 bits per heavy atom. The van der Waals surface area contributed by atoms with Gasteiger partial charge in [0, 0.05) is 68.6 Å². The molecule has 0 radical (unpaired) electrons. The molecule has 2 amide bonds. The summed E-state index contributed by atoms with van der Waals surface area (Å²) in [6.07, 6.45) is 9.53. The van der Waals surface area contributed by atoms with Crippen LogP contribution in [0.5, 0.6) is 23.0 Å². The largest absolute Gasteiger partial charge is 0.494 e. The Kier molecular flexibility index (Phi) is 11.1. The highest BCUT2D eigenvalue weighted by Gasteiger charge is 2.22. The van der Waals surface area contributed by atoms with Crippen LogP contribution in [0.1, 0.15) is 35.2 Å². The van der Waals surface area contributed by atoms with Crippen molar-refractivity contribution in [2.24, 2.45) is 0 Å². The van der Waals surface area contributed by atoms with Crippen LogP contribution < -0.4 is 18.9 Å². The molecule has 0 saturated heterocycles. The van der Waals surface area contributed by atoms with Gasteiger partial charge in [-0.3, -0.25) is 14.6 Å². The molecule has 0 aliphatic carbocycles. The summed E-state index contributed by atoms with van der Waals surface area (Å²) in [6, 6.07) is 15.0. The molecule has 4 aromatic rings. The molecule has 2 aromatic heterocycles. The summed E-state index contributed by atoms with van der Waals surface area (Å²) < 4.78 is 24.6. The Morgan fingerprint density at radius 3 is 2.30 bits per heavy atom. The van der Waals surface area contributed by atoms with E-state index in [0.29, 0.717) is 75.0 Å². The third kappa shape index (κ3) is 7.96. The lowest BCUT2D eigenvalue weighted by atomic mass is 10.1. The highest BCUT2D eigenvalue weighted by molar-refractivity contribution is 5.95. The van der Waals surface area contributed by atoms with Gasteiger partial charge in [-0.1, -0.05) is 18.2 Å². The molecule has 5 rings (SSSR count). The van der Waals surface area contributed by atoms with Gasteiger partial charge in [0.25, 0.3) is 5.91 Å². The van der Waals surface area contributed by atoms with Crippen LogP contribution in [-0.4, -0.2) is 90.3 Å². The molecule has 0 spiro atoms. The number of nitrogens with zero attached hydrogens (tertiary/aromatic N) is 5. The lowest BCUT2D eigenvalue weighted by Gasteiger charge is -2.26. The summed E-state index contributed by atoms with van der Waals surface area (Å²) in [6.45, 7) is 3.10. The van der Waals surface area contributed by atoms with E-state index in [9.17, 15) is 9.59 Å². The van der Waals surface area contributed by atoms with Crippen LogP contribution in [-0.2, 0) is 17.8 Å². The minimum Gasteiger partial charge on any atom is -0.494 e. The Balaban J connectivity index is 1.41. The fraction of sp³-hybridized carbons (Fsp3) is 0.371. The maximum Gasteiger partial charge on any atom is 0.254 e. The number of ether oxygens (including phenoxy) is 4. The topological polar surface area (TPSA) is 108 Å². The number of aromatic nitrogens is 3. The molecule has 11 heteroatoms. The second kappa shape index (κ2) is 15.8. The second-order valence-corrected chi connectivity index (χ2v) is 11.0. The number of fused-ring (bicyclic) bond motifs is 4. The van der Waals surface area contributed by atoms with Crippen LogP contribution in [0.15, 0.2) is 73.3 Å². The number of pyridine rings is 1. The van der Waals surface area contributed by atoms with Gasteiger partial charge in [-0.2, -0.15) is 0 Å². The van der Waals surface area contributed by atoms with Gasteiger partial charge in [0.1, 0.15) is 11.6 Å². The molecule has 2 aromatic carbocycles. The van der Waals surface area contributed by atoms with Gasteiger partial charge >= 0.3 is 0 Å². The van der Waals surface area contributed by atoms with Gasteiger partial charge in [0.05, 0.1) is 34.4 Å². The molecule has 0 atom stereocenters. The first-order chi connectivity index (χ1) is 22.5. The smallest absolute Gasteiger partial charge is 0.254 e. The highest BCUT2D eigenvalue weighted by Crippen LogP contribution is 2.38. The monoisotopic (exact) mass is 627 g/mol. The van der Waals surface area contributed by atoms with Crippen molar-refractivity contribution >= 4 is 11.8 Å². The maximum absolute atomic E-state index is 14.1. The van der Waals surface area contributed by atoms with Crippen molar-refractivity contribution in [3.05, 3.63) is 84.4 Å². The molecule has 11 nitrogen and oxygen atoms in total. The quantitative estimate of drug-likeness (QED) is 0.302. The molecule has 1 aliphatic rings. The Labute approximate surface area is 269 Å². The number of carbonyl (C=O) groups excluding carboxylic acids is 2. The predicted molar refractivity (Wildman–Crippen MR) is 174 cm³/mol. The van der Waals surface area contributed by atoms with E-state index in [2.05, 4.69) is 9.97 Å². The van der Waals surface area contributed by atoms with Crippen LogP contribution in [0.3, 0.4) is 0 Å². The van der Waals surface area contributed by atoms with Gasteiger partial charge < -0.3 is 33.3 Å². The molecule has 0 saturated carbocycles. The zero-order valence-corrected chi connectivity index (χ0v) is 26.7. The highest BCUT2D eigenvalue weighted by atomic mass is 16.5. The Hall–Kier alpha value is -5.06. The third-order valence-corrected chi connectivity index (χ3v) is 8.00. The van der Waals surface area contributed by atoms with E-state index in [-0.39, 0.29) is 18.2 Å². The summed E-state index contributed by atoms with van der Waals surface area (Å²) in [7, 11) is 4.59. The van der Waals surface area contributed by atoms with Gasteiger partial charge in [-0.25, -0.2) is 4.98 Å². The number of hydrogen-bond donors (Lipinski definition) is 0. The summed E-state index contributed by atoms with van der Waals surface area (Å²) in [5.74, 6) is 2.68. The zero-order valence-electron chi connectivity index (χ0n) is 26.7. The van der Waals surface area contributed by atoms with Crippen molar-refractivity contribution in [3.63, 3.8) is 0 Å². The molecule has 46 heavy (non-hydrogen) atoms. The molecular formula is C35H41N5O6.